The molecule has 1 heterocycles. The molecule has 0 bridgehead atoms. The second-order valence-electron chi connectivity index (χ2n) is 4.89. The van der Waals surface area contributed by atoms with E-state index >= 15 is 0 Å². The van der Waals surface area contributed by atoms with Gasteiger partial charge < -0.3 is 20.4 Å². The van der Waals surface area contributed by atoms with Crippen LogP contribution in [0.5, 0.6) is 23.0 Å². The monoisotopic (exact) mass is 323 g/mol. The molecule has 0 aliphatic rings. The molecule has 0 spiro atoms. The normalized spacial score (nSPS) is 11.0. The zero-order chi connectivity index (χ0) is 17.1. The molecule has 24 heavy (non-hydrogen) atoms. The Morgan fingerprint density at radius 3 is 2.00 bits per heavy atom. The molecule has 0 unspecified atom stereocenters. The van der Waals surface area contributed by atoms with Crippen LogP contribution in [0.3, 0.4) is 0 Å². The van der Waals surface area contributed by atoms with Crippen molar-refractivity contribution < 1.29 is 20.4 Å². The molecule has 4 N–H and O–H groups in total. The number of azo groups is 1. The number of hydrogen-bond donors (Lipinski definition) is 4. The number of rotatable bonds is 3. The number of aromatic nitrogens is 1. The van der Waals surface area contributed by atoms with Crippen LogP contribution in [0.25, 0.3) is 11.3 Å². The fourth-order valence-corrected chi connectivity index (χ4v) is 2.12. The number of phenols is 4. The van der Waals surface area contributed by atoms with Crippen LogP contribution in [0.1, 0.15) is 0 Å². The minimum atomic E-state index is -0.313. The van der Waals surface area contributed by atoms with Gasteiger partial charge in [-0.25, -0.2) is 0 Å². The van der Waals surface area contributed by atoms with Gasteiger partial charge in [0.15, 0.2) is 17.1 Å². The molecule has 7 nitrogen and oxygen atoms in total. The zero-order valence-corrected chi connectivity index (χ0v) is 12.3. The van der Waals surface area contributed by atoms with Gasteiger partial charge in [0.2, 0.25) is 0 Å². The van der Waals surface area contributed by atoms with Crippen LogP contribution >= 0.6 is 0 Å². The molecule has 0 atom stereocenters. The van der Waals surface area contributed by atoms with Gasteiger partial charge in [0.05, 0.1) is 5.69 Å². The Hall–Kier alpha value is -3.61. The highest BCUT2D eigenvalue weighted by atomic mass is 16.3. The molecular weight excluding hydrogens is 310 g/mol. The molecule has 0 aliphatic carbocycles. The van der Waals surface area contributed by atoms with Gasteiger partial charge in [-0.2, -0.15) is 0 Å². The number of hydrogen-bond acceptors (Lipinski definition) is 7. The molecule has 0 amide bonds. The summed E-state index contributed by atoms with van der Waals surface area (Å²) in [7, 11) is 0. The van der Waals surface area contributed by atoms with Crippen LogP contribution in [-0.4, -0.2) is 25.4 Å². The maximum atomic E-state index is 10.4. The number of phenolic OH excluding ortho intramolecular Hbond substituents is 4. The summed E-state index contributed by atoms with van der Waals surface area (Å²) in [6.07, 6.45) is 1.57. The van der Waals surface area contributed by atoms with Gasteiger partial charge in [-0.1, -0.05) is 12.1 Å². The Balaban J connectivity index is 2.07. The first kappa shape index (κ1) is 15.3. The molecule has 0 aliphatic heterocycles. The minimum absolute atomic E-state index is 0.167. The summed E-state index contributed by atoms with van der Waals surface area (Å²) in [6.45, 7) is 0. The molecule has 120 valence electrons. The lowest BCUT2D eigenvalue weighted by molar-refractivity contribution is 0.448. The summed E-state index contributed by atoms with van der Waals surface area (Å²) in [5.41, 5.74) is 0.501. The van der Waals surface area contributed by atoms with Crippen molar-refractivity contribution in [1.29, 1.82) is 0 Å². The Labute approximate surface area is 136 Å². The molecule has 3 aromatic rings. The number of aromatic hydroxyl groups is 4. The van der Waals surface area contributed by atoms with E-state index in [1.165, 1.54) is 30.3 Å². The quantitative estimate of drug-likeness (QED) is 0.543. The third kappa shape index (κ3) is 2.82. The van der Waals surface area contributed by atoms with Crippen molar-refractivity contribution in [1.82, 2.24) is 4.98 Å². The topological polar surface area (TPSA) is 119 Å². The largest absolute Gasteiger partial charge is 0.505 e. The maximum Gasteiger partial charge on any atom is 0.170 e. The molecule has 7 heteroatoms. The van der Waals surface area contributed by atoms with Crippen LogP contribution in [0.4, 0.5) is 11.4 Å². The summed E-state index contributed by atoms with van der Waals surface area (Å²) >= 11 is 0. The highest BCUT2D eigenvalue weighted by Gasteiger charge is 2.15. The molecule has 3 rings (SSSR count). The maximum absolute atomic E-state index is 10.4. The standard InChI is InChI=1S/C17H13N3O4/c21-12-5-3-6-13(22)15(12)19-20-16-14(23)8-7-10(17(16)24)11-4-1-2-9-18-11/h1-9,21-24H. The average molecular weight is 323 g/mol. The Kier molecular flexibility index (Phi) is 3.98. The summed E-state index contributed by atoms with van der Waals surface area (Å²) in [4.78, 5) is 4.13. The van der Waals surface area contributed by atoms with E-state index in [-0.39, 0.29) is 34.4 Å². The smallest absolute Gasteiger partial charge is 0.170 e. The highest BCUT2D eigenvalue weighted by molar-refractivity contribution is 5.77. The van der Waals surface area contributed by atoms with Gasteiger partial charge in [-0.3, -0.25) is 4.98 Å². The summed E-state index contributed by atoms with van der Waals surface area (Å²) in [5, 5.41) is 47.1. The lowest BCUT2D eigenvalue weighted by Gasteiger charge is -2.07. The van der Waals surface area contributed by atoms with Gasteiger partial charge in [0.25, 0.3) is 0 Å². The van der Waals surface area contributed by atoms with Gasteiger partial charge >= 0.3 is 0 Å². The SMILES string of the molecule is Oc1cccc(O)c1N=Nc1c(O)ccc(-c2ccccn2)c1O. The summed E-state index contributed by atoms with van der Waals surface area (Å²) in [6, 6.07) is 12.2. The van der Waals surface area contributed by atoms with Crippen molar-refractivity contribution in [2.24, 2.45) is 10.2 Å². The van der Waals surface area contributed by atoms with Gasteiger partial charge in [0.1, 0.15) is 17.2 Å². The predicted octanol–water partition coefficient (Wildman–Crippen LogP) is 3.99. The molecule has 0 fully saturated rings. The van der Waals surface area contributed by atoms with Crippen LogP contribution < -0.4 is 0 Å². The fourth-order valence-electron chi connectivity index (χ4n) is 2.12. The third-order valence-electron chi connectivity index (χ3n) is 3.31. The van der Waals surface area contributed by atoms with Gasteiger partial charge in [-0.05, 0) is 36.4 Å². The average Bonchev–Trinajstić information content (AvgIpc) is 2.58. The molecular formula is C17H13N3O4. The second-order valence-corrected chi connectivity index (χ2v) is 4.89. The first-order chi connectivity index (χ1) is 11.6. The van der Waals surface area contributed by atoms with Crippen molar-refractivity contribution in [3.8, 4) is 34.3 Å². The molecule has 0 saturated carbocycles. The molecule has 0 radical (unpaired) electrons. The molecule has 0 saturated heterocycles. The molecule has 1 aromatic heterocycles. The van der Waals surface area contributed by atoms with E-state index in [0.717, 1.165) is 0 Å². The summed E-state index contributed by atoms with van der Waals surface area (Å²) < 4.78 is 0. The van der Waals surface area contributed by atoms with Crippen molar-refractivity contribution >= 4 is 11.4 Å². The van der Waals surface area contributed by atoms with Gasteiger partial charge in [-0.15, -0.1) is 10.2 Å². The fraction of sp³-hybridized carbons (Fsp3) is 0. The van der Waals surface area contributed by atoms with Crippen molar-refractivity contribution in [2.75, 3.05) is 0 Å². The number of pyridine rings is 1. The molecule has 2 aromatic carbocycles. The van der Waals surface area contributed by atoms with E-state index in [4.69, 9.17) is 0 Å². The predicted molar refractivity (Wildman–Crippen MR) is 87.0 cm³/mol. The lowest BCUT2D eigenvalue weighted by atomic mass is 10.1. The van der Waals surface area contributed by atoms with Crippen LogP contribution in [0, 0.1) is 0 Å². The first-order valence-electron chi connectivity index (χ1n) is 6.97. The van der Waals surface area contributed by atoms with E-state index in [1.54, 1.807) is 24.4 Å². The van der Waals surface area contributed by atoms with E-state index in [2.05, 4.69) is 15.2 Å². The van der Waals surface area contributed by atoms with E-state index in [0.29, 0.717) is 11.3 Å². The second kappa shape index (κ2) is 6.25. The van der Waals surface area contributed by atoms with Gasteiger partial charge in [0, 0.05) is 11.8 Å². The lowest BCUT2D eigenvalue weighted by Crippen LogP contribution is -1.83. The Morgan fingerprint density at radius 1 is 0.667 bits per heavy atom. The first-order valence-corrected chi connectivity index (χ1v) is 6.97. The van der Waals surface area contributed by atoms with Crippen LogP contribution in [0.15, 0.2) is 65.0 Å². The van der Waals surface area contributed by atoms with Crippen molar-refractivity contribution in [2.45, 2.75) is 0 Å². The summed E-state index contributed by atoms with van der Waals surface area (Å²) in [5.74, 6) is -1.17. The van der Waals surface area contributed by atoms with Crippen LogP contribution in [0.2, 0.25) is 0 Å². The van der Waals surface area contributed by atoms with E-state index in [1.807, 2.05) is 0 Å². The third-order valence-corrected chi connectivity index (χ3v) is 3.31. The number of benzene rings is 2. The Bertz CT molecular complexity index is 891. The van der Waals surface area contributed by atoms with Crippen molar-refractivity contribution in [3.05, 3.63) is 54.7 Å². The van der Waals surface area contributed by atoms with Crippen molar-refractivity contribution in [3.63, 3.8) is 0 Å². The number of nitrogens with zero attached hydrogens (tertiary/aromatic N) is 3. The zero-order valence-electron chi connectivity index (χ0n) is 12.3. The minimum Gasteiger partial charge on any atom is -0.505 e. The highest BCUT2D eigenvalue weighted by Crippen LogP contribution is 2.44. The van der Waals surface area contributed by atoms with E-state index in [9.17, 15) is 20.4 Å². The van der Waals surface area contributed by atoms with Crippen LogP contribution in [-0.2, 0) is 0 Å². The van der Waals surface area contributed by atoms with E-state index < -0.39 is 0 Å². The Morgan fingerprint density at radius 2 is 1.33 bits per heavy atom.